The summed E-state index contributed by atoms with van der Waals surface area (Å²) >= 11 is 0. The summed E-state index contributed by atoms with van der Waals surface area (Å²) in [7, 11) is 1.67. The number of nitrogens with one attached hydrogen (secondary N) is 1. The van der Waals surface area contributed by atoms with E-state index in [1.54, 1.807) is 19.2 Å². The van der Waals surface area contributed by atoms with Gasteiger partial charge in [-0.15, -0.1) is 0 Å². The molecule has 0 saturated carbocycles. The van der Waals surface area contributed by atoms with E-state index >= 15 is 0 Å². The van der Waals surface area contributed by atoms with Gasteiger partial charge in [-0.1, -0.05) is 31.2 Å². The largest absolute Gasteiger partial charge is 0.497 e. The molecule has 0 aliphatic rings. The molecule has 1 atom stereocenters. The first-order chi connectivity index (χ1) is 10.2. The summed E-state index contributed by atoms with van der Waals surface area (Å²) in [5, 5.41) is 3.49. The lowest BCUT2D eigenvalue weighted by Crippen LogP contribution is -2.23. The predicted octanol–water partition coefficient (Wildman–Crippen LogP) is 4.12. The van der Waals surface area contributed by atoms with Crippen molar-refractivity contribution in [1.82, 2.24) is 5.32 Å². The molecule has 0 heterocycles. The highest BCUT2D eigenvalue weighted by Gasteiger charge is 2.09. The molecule has 0 saturated heterocycles. The zero-order valence-electron chi connectivity index (χ0n) is 12.6. The molecule has 0 amide bonds. The summed E-state index contributed by atoms with van der Waals surface area (Å²) < 4.78 is 18.4. The maximum atomic E-state index is 13.3. The second-order valence-electron chi connectivity index (χ2n) is 5.07. The molecule has 1 unspecified atom stereocenters. The Labute approximate surface area is 126 Å². The number of methoxy groups -OCH3 is 1. The van der Waals surface area contributed by atoms with Crippen LogP contribution in [0.15, 0.2) is 48.5 Å². The summed E-state index contributed by atoms with van der Waals surface area (Å²) in [6.07, 6.45) is 1.88. The van der Waals surface area contributed by atoms with Crippen LogP contribution in [0.1, 0.15) is 30.5 Å². The minimum Gasteiger partial charge on any atom is -0.497 e. The molecule has 0 aliphatic heterocycles. The highest BCUT2D eigenvalue weighted by atomic mass is 19.1. The second-order valence-corrected chi connectivity index (χ2v) is 5.07. The van der Waals surface area contributed by atoms with E-state index < -0.39 is 0 Å². The van der Waals surface area contributed by atoms with Crippen LogP contribution in [0.5, 0.6) is 5.75 Å². The minimum atomic E-state index is -0.178. The smallest absolute Gasteiger partial charge is 0.123 e. The van der Waals surface area contributed by atoms with Gasteiger partial charge in [-0.25, -0.2) is 4.39 Å². The van der Waals surface area contributed by atoms with Gasteiger partial charge >= 0.3 is 0 Å². The van der Waals surface area contributed by atoms with Crippen LogP contribution in [0.2, 0.25) is 0 Å². The highest BCUT2D eigenvalue weighted by Crippen LogP contribution is 2.17. The van der Waals surface area contributed by atoms with E-state index in [-0.39, 0.29) is 11.9 Å². The van der Waals surface area contributed by atoms with Gasteiger partial charge < -0.3 is 10.1 Å². The van der Waals surface area contributed by atoms with Crippen LogP contribution >= 0.6 is 0 Å². The van der Waals surface area contributed by atoms with Crippen LogP contribution in [-0.2, 0) is 6.42 Å². The molecule has 1 N–H and O–H groups in total. The predicted molar refractivity (Wildman–Crippen MR) is 84.1 cm³/mol. The molecule has 0 radical (unpaired) electrons. The summed E-state index contributed by atoms with van der Waals surface area (Å²) in [6, 6.07) is 15.1. The van der Waals surface area contributed by atoms with Crippen molar-refractivity contribution in [2.75, 3.05) is 13.7 Å². The Balaban J connectivity index is 1.88. The molecule has 0 aromatic heterocycles. The second kappa shape index (κ2) is 7.79. The molecule has 2 aromatic rings. The van der Waals surface area contributed by atoms with Crippen LogP contribution in [0.4, 0.5) is 4.39 Å². The molecule has 0 bridgehead atoms. The van der Waals surface area contributed by atoms with E-state index in [9.17, 15) is 4.39 Å². The van der Waals surface area contributed by atoms with Gasteiger partial charge in [0.25, 0.3) is 0 Å². The van der Waals surface area contributed by atoms with Crippen molar-refractivity contribution < 1.29 is 9.13 Å². The fourth-order valence-corrected chi connectivity index (χ4v) is 2.40. The fraction of sp³-hybridized carbons (Fsp3) is 0.333. The SMILES string of the molecule is CCC(NCCc1ccc(OC)cc1)c1cccc(F)c1. The molecular weight excluding hydrogens is 265 g/mol. The van der Waals surface area contributed by atoms with Crippen LogP contribution in [0, 0.1) is 5.82 Å². The van der Waals surface area contributed by atoms with Crippen LogP contribution in [-0.4, -0.2) is 13.7 Å². The molecule has 2 rings (SSSR count). The van der Waals surface area contributed by atoms with Crippen LogP contribution in [0.25, 0.3) is 0 Å². The average molecular weight is 287 g/mol. The standard InChI is InChI=1S/C18H22FNO/c1-3-18(15-5-4-6-16(19)13-15)20-12-11-14-7-9-17(21-2)10-8-14/h4-10,13,18,20H,3,11-12H2,1-2H3. The third-order valence-corrected chi connectivity index (χ3v) is 3.62. The number of rotatable bonds is 7. The van der Waals surface area contributed by atoms with Gasteiger partial charge in [-0.05, 0) is 54.8 Å². The summed E-state index contributed by atoms with van der Waals surface area (Å²) in [5.41, 5.74) is 2.27. The quantitative estimate of drug-likeness (QED) is 0.827. The van der Waals surface area contributed by atoms with Crippen molar-refractivity contribution in [3.05, 3.63) is 65.5 Å². The highest BCUT2D eigenvalue weighted by molar-refractivity contribution is 5.27. The molecule has 21 heavy (non-hydrogen) atoms. The number of hydrogen-bond donors (Lipinski definition) is 1. The van der Waals surface area contributed by atoms with Gasteiger partial charge in [-0.2, -0.15) is 0 Å². The Morgan fingerprint density at radius 2 is 1.90 bits per heavy atom. The molecule has 2 nitrogen and oxygen atoms in total. The third kappa shape index (κ3) is 4.57. The maximum Gasteiger partial charge on any atom is 0.123 e. The Bertz CT molecular complexity index is 553. The Morgan fingerprint density at radius 1 is 1.14 bits per heavy atom. The van der Waals surface area contributed by atoms with Gasteiger partial charge in [0.15, 0.2) is 0 Å². The van der Waals surface area contributed by atoms with Gasteiger partial charge in [0.05, 0.1) is 7.11 Å². The zero-order valence-corrected chi connectivity index (χ0v) is 12.6. The Kier molecular flexibility index (Phi) is 5.76. The zero-order chi connectivity index (χ0) is 15.1. The number of hydrogen-bond acceptors (Lipinski definition) is 2. The van der Waals surface area contributed by atoms with E-state index in [1.165, 1.54) is 11.6 Å². The van der Waals surface area contributed by atoms with Gasteiger partial charge in [0.2, 0.25) is 0 Å². The first kappa shape index (κ1) is 15.5. The van der Waals surface area contributed by atoms with Gasteiger partial charge in [0, 0.05) is 6.04 Å². The van der Waals surface area contributed by atoms with Crippen molar-refractivity contribution in [3.8, 4) is 5.75 Å². The third-order valence-electron chi connectivity index (χ3n) is 3.62. The normalized spacial score (nSPS) is 12.1. The first-order valence-corrected chi connectivity index (χ1v) is 7.34. The topological polar surface area (TPSA) is 21.3 Å². The Hall–Kier alpha value is -1.87. The molecular formula is C18H22FNO. The van der Waals surface area contributed by atoms with Crippen molar-refractivity contribution in [2.24, 2.45) is 0 Å². The molecule has 112 valence electrons. The van der Waals surface area contributed by atoms with Crippen LogP contribution in [0.3, 0.4) is 0 Å². The van der Waals surface area contributed by atoms with E-state index in [2.05, 4.69) is 24.4 Å². The molecule has 0 fully saturated rings. The Morgan fingerprint density at radius 3 is 2.52 bits per heavy atom. The lowest BCUT2D eigenvalue weighted by atomic mass is 10.0. The number of halogens is 1. The number of ether oxygens (including phenoxy) is 1. The van der Waals surface area contributed by atoms with Gasteiger partial charge in [-0.3, -0.25) is 0 Å². The number of benzene rings is 2. The molecule has 3 heteroatoms. The van der Waals surface area contributed by atoms with E-state index in [4.69, 9.17) is 4.74 Å². The van der Waals surface area contributed by atoms with Crippen molar-refractivity contribution in [2.45, 2.75) is 25.8 Å². The van der Waals surface area contributed by atoms with Crippen molar-refractivity contribution >= 4 is 0 Å². The van der Waals surface area contributed by atoms with Crippen molar-refractivity contribution in [1.29, 1.82) is 0 Å². The summed E-state index contributed by atoms with van der Waals surface area (Å²) in [4.78, 5) is 0. The molecule has 0 spiro atoms. The van der Waals surface area contributed by atoms with E-state index in [1.807, 2.05) is 18.2 Å². The minimum absolute atomic E-state index is 0.178. The van der Waals surface area contributed by atoms with Crippen LogP contribution < -0.4 is 10.1 Å². The first-order valence-electron chi connectivity index (χ1n) is 7.34. The molecule has 2 aromatic carbocycles. The summed E-state index contributed by atoms with van der Waals surface area (Å²) in [6.45, 7) is 2.97. The fourth-order valence-electron chi connectivity index (χ4n) is 2.40. The maximum absolute atomic E-state index is 13.3. The average Bonchev–Trinajstić information content (AvgIpc) is 2.52. The van der Waals surface area contributed by atoms with E-state index in [0.29, 0.717) is 0 Å². The van der Waals surface area contributed by atoms with E-state index in [0.717, 1.165) is 30.7 Å². The molecule has 0 aliphatic carbocycles. The lowest BCUT2D eigenvalue weighted by molar-refractivity contribution is 0.414. The monoisotopic (exact) mass is 287 g/mol. The van der Waals surface area contributed by atoms with Gasteiger partial charge in [0.1, 0.15) is 11.6 Å². The van der Waals surface area contributed by atoms with Crippen molar-refractivity contribution in [3.63, 3.8) is 0 Å². The lowest BCUT2D eigenvalue weighted by Gasteiger charge is -2.17. The summed E-state index contributed by atoms with van der Waals surface area (Å²) in [5.74, 6) is 0.695.